The molecule has 2 aromatic carbocycles. The number of carbonyl (C=O) groups excluding carboxylic acids is 1. The van der Waals surface area contributed by atoms with E-state index >= 15 is 0 Å². The summed E-state index contributed by atoms with van der Waals surface area (Å²) in [4.78, 5) is 29.3. The van der Waals surface area contributed by atoms with Gasteiger partial charge in [0.25, 0.3) is 0 Å². The van der Waals surface area contributed by atoms with Gasteiger partial charge in [-0.3, -0.25) is 14.7 Å². The number of hydrogen-bond donors (Lipinski definition) is 1. The molecule has 0 radical (unpaired) electrons. The second-order valence-corrected chi connectivity index (χ2v) is 13.0. The first kappa shape index (κ1) is 30.9. The standard InChI is InChI=1S/C35H38B2N5O2P/c1-36(19-24-10-6-4-7-11-24)42(37(2)20-25-12-8-5-9-13-25)34-30-22-39-33(41(3)35(44)28-18-32(28)45)17-27(30)16-31(40-34)29-21-38-15-14-26(29)23-43/h4-17,21-22,28,32,43H,18-20,23,45H2,1-3H3. The van der Waals surface area contributed by atoms with Crippen LogP contribution in [0.15, 0.2) is 97.5 Å². The molecule has 0 bridgehead atoms. The van der Waals surface area contributed by atoms with Gasteiger partial charge < -0.3 is 9.83 Å². The van der Waals surface area contributed by atoms with E-state index in [4.69, 9.17) is 9.97 Å². The third-order valence-electron chi connectivity index (χ3n) is 8.81. The van der Waals surface area contributed by atoms with E-state index in [1.807, 2.05) is 36.5 Å². The van der Waals surface area contributed by atoms with E-state index in [1.54, 1.807) is 24.3 Å². The van der Waals surface area contributed by atoms with Gasteiger partial charge in [-0.25, -0.2) is 9.97 Å². The summed E-state index contributed by atoms with van der Waals surface area (Å²) in [5.41, 5.74) is 5.09. The fourth-order valence-electron chi connectivity index (χ4n) is 6.25. The number of nitrogens with zero attached hydrogens (tertiary/aromatic N) is 5. The average molecular weight is 613 g/mol. The van der Waals surface area contributed by atoms with Crippen molar-refractivity contribution in [3.63, 3.8) is 0 Å². The molecule has 0 saturated heterocycles. The molecular weight excluding hydrogens is 575 g/mol. The number of rotatable bonds is 11. The van der Waals surface area contributed by atoms with Crippen LogP contribution >= 0.6 is 9.24 Å². The number of amides is 1. The molecule has 45 heavy (non-hydrogen) atoms. The van der Waals surface area contributed by atoms with E-state index in [0.717, 1.165) is 52.5 Å². The Bertz CT molecular complexity index is 1750. The Morgan fingerprint density at radius 1 is 0.956 bits per heavy atom. The summed E-state index contributed by atoms with van der Waals surface area (Å²) < 4.78 is 2.42. The van der Waals surface area contributed by atoms with E-state index < -0.39 is 0 Å². The molecule has 0 aliphatic heterocycles. The maximum Gasteiger partial charge on any atom is 0.243 e. The summed E-state index contributed by atoms with van der Waals surface area (Å²) in [7, 11) is 4.56. The first-order valence-corrected chi connectivity index (χ1v) is 16.2. The molecule has 1 N–H and O–H groups in total. The van der Waals surface area contributed by atoms with Gasteiger partial charge in [-0.05, 0) is 53.9 Å². The normalized spacial score (nSPS) is 15.5. The molecule has 3 aromatic heterocycles. The third-order valence-corrected chi connectivity index (χ3v) is 9.55. The van der Waals surface area contributed by atoms with Crippen LogP contribution in [0.5, 0.6) is 0 Å². The van der Waals surface area contributed by atoms with Crippen LogP contribution in [0.3, 0.4) is 0 Å². The first-order chi connectivity index (χ1) is 21.8. The van der Waals surface area contributed by atoms with Crippen LogP contribution in [0.1, 0.15) is 23.1 Å². The zero-order chi connectivity index (χ0) is 31.5. The smallest absolute Gasteiger partial charge is 0.243 e. The lowest BCUT2D eigenvalue weighted by Crippen LogP contribution is -2.50. The number of aliphatic hydroxyl groups excluding tert-OH is 1. The number of aromatic nitrogens is 3. The third kappa shape index (κ3) is 6.80. The maximum atomic E-state index is 13.1. The van der Waals surface area contributed by atoms with E-state index in [-0.39, 0.29) is 32.1 Å². The van der Waals surface area contributed by atoms with Crippen molar-refractivity contribution in [1.82, 2.24) is 15.0 Å². The minimum absolute atomic E-state index is 0.0247. The Morgan fingerprint density at radius 2 is 1.58 bits per heavy atom. The Hall–Kier alpha value is -4.06. The summed E-state index contributed by atoms with van der Waals surface area (Å²) in [6.07, 6.45) is 7.87. The van der Waals surface area contributed by atoms with Gasteiger partial charge in [-0.1, -0.05) is 85.4 Å². The minimum atomic E-state index is -0.123. The SMILES string of the molecule is CB(Cc1ccccc1)N(B(C)Cc1ccccc1)c1nc(-c2cnccc2CO)cc2cc(N(C)C(=O)C3CC3P)ncc12. The van der Waals surface area contributed by atoms with Crippen molar-refractivity contribution >= 4 is 51.3 Å². The van der Waals surface area contributed by atoms with Crippen molar-refractivity contribution in [1.29, 1.82) is 0 Å². The highest BCUT2D eigenvalue weighted by Crippen LogP contribution is 2.40. The number of carbonyl (C=O) groups is 1. The predicted molar refractivity (Wildman–Crippen MR) is 190 cm³/mol. The molecule has 3 atom stereocenters. The van der Waals surface area contributed by atoms with E-state index in [2.05, 4.69) is 81.1 Å². The van der Waals surface area contributed by atoms with E-state index in [9.17, 15) is 9.90 Å². The highest BCUT2D eigenvalue weighted by atomic mass is 31.0. The van der Waals surface area contributed by atoms with Gasteiger partial charge in [0.1, 0.15) is 11.6 Å². The molecular formula is C35H38B2N5O2P. The molecule has 0 spiro atoms. The van der Waals surface area contributed by atoms with Crippen molar-refractivity contribution in [3.05, 3.63) is 114 Å². The number of fused-ring (bicyclic) bond motifs is 1. The van der Waals surface area contributed by atoms with Crippen LogP contribution in [-0.4, -0.2) is 52.4 Å². The highest BCUT2D eigenvalue weighted by molar-refractivity contribution is 7.18. The molecule has 1 saturated carbocycles. The minimum Gasteiger partial charge on any atom is -0.444 e. The van der Waals surface area contributed by atoms with Crippen LogP contribution < -0.4 is 9.62 Å². The zero-order valence-electron chi connectivity index (χ0n) is 26.0. The summed E-state index contributed by atoms with van der Waals surface area (Å²) in [5, 5.41) is 12.0. The lowest BCUT2D eigenvalue weighted by molar-refractivity contribution is -0.119. The molecule has 1 fully saturated rings. The Balaban J connectivity index is 1.51. The number of benzene rings is 2. The molecule has 6 rings (SSSR count). The quantitative estimate of drug-likeness (QED) is 0.145. The second-order valence-electron chi connectivity index (χ2n) is 12.2. The lowest BCUT2D eigenvalue weighted by atomic mass is 9.45. The van der Waals surface area contributed by atoms with Gasteiger partial charge in [-0.2, -0.15) is 0 Å². The van der Waals surface area contributed by atoms with Crippen molar-refractivity contribution in [2.75, 3.05) is 16.7 Å². The maximum absolute atomic E-state index is 13.1. The highest BCUT2D eigenvalue weighted by Gasteiger charge is 2.41. The van der Waals surface area contributed by atoms with Gasteiger partial charge in [0.2, 0.25) is 19.6 Å². The van der Waals surface area contributed by atoms with Gasteiger partial charge in [-0.15, -0.1) is 9.24 Å². The van der Waals surface area contributed by atoms with Crippen LogP contribution in [0.25, 0.3) is 22.0 Å². The first-order valence-electron chi connectivity index (χ1n) is 15.6. The molecule has 3 heterocycles. The van der Waals surface area contributed by atoms with Gasteiger partial charge in [0, 0.05) is 42.5 Å². The van der Waals surface area contributed by atoms with Gasteiger partial charge >= 0.3 is 0 Å². The number of aliphatic hydroxyl groups is 1. The fraction of sp³-hybridized carbons (Fsp3) is 0.257. The number of anilines is 2. The van der Waals surface area contributed by atoms with Gasteiger partial charge in [0.05, 0.1) is 12.3 Å². The summed E-state index contributed by atoms with van der Waals surface area (Å²) in [6.45, 7) is 4.58. The molecule has 10 heteroatoms. The number of pyridine rings is 3. The van der Waals surface area contributed by atoms with Crippen molar-refractivity contribution in [3.8, 4) is 11.3 Å². The summed E-state index contributed by atoms with van der Waals surface area (Å²) >= 11 is 0. The molecule has 3 unspecified atom stereocenters. The van der Waals surface area contributed by atoms with Crippen LogP contribution in [0.2, 0.25) is 13.6 Å². The Kier molecular flexibility index (Phi) is 9.29. The Morgan fingerprint density at radius 3 is 2.16 bits per heavy atom. The number of hydrogen-bond acceptors (Lipinski definition) is 6. The molecule has 7 nitrogen and oxygen atoms in total. The van der Waals surface area contributed by atoms with Crippen LogP contribution in [0, 0.1) is 5.92 Å². The van der Waals surface area contributed by atoms with E-state index in [0.29, 0.717) is 11.5 Å². The average Bonchev–Trinajstić information content (AvgIpc) is 3.80. The van der Waals surface area contributed by atoms with Crippen molar-refractivity contribution < 1.29 is 9.90 Å². The van der Waals surface area contributed by atoms with Crippen molar-refractivity contribution in [2.45, 2.75) is 45.0 Å². The molecule has 5 aromatic rings. The molecule has 1 aliphatic carbocycles. The largest absolute Gasteiger partial charge is 0.444 e. The fourth-order valence-corrected chi connectivity index (χ4v) is 6.71. The molecule has 1 amide bonds. The molecule has 1 aliphatic rings. The molecule has 226 valence electrons. The lowest BCUT2D eigenvalue weighted by Gasteiger charge is -2.35. The van der Waals surface area contributed by atoms with Crippen molar-refractivity contribution in [2.24, 2.45) is 5.92 Å². The predicted octanol–water partition coefficient (Wildman–Crippen LogP) is 6.02. The summed E-state index contributed by atoms with van der Waals surface area (Å²) in [5.74, 6) is 1.54. The van der Waals surface area contributed by atoms with Crippen LogP contribution in [-0.2, 0) is 24.0 Å². The Labute approximate surface area is 268 Å². The monoisotopic (exact) mass is 613 g/mol. The topological polar surface area (TPSA) is 82.5 Å². The van der Waals surface area contributed by atoms with E-state index in [1.165, 1.54) is 11.1 Å². The van der Waals surface area contributed by atoms with Crippen LogP contribution in [0.4, 0.5) is 11.6 Å². The second kappa shape index (κ2) is 13.5. The zero-order valence-corrected chi connectivity index (χ0v) is 27.2. The van der Waals surface area contributed by atoms with Gasteiger partial charge in [0.15, 0.2) is 0 Å². The summed E-state index contributed by atoms with van der Waals surface area (Å²) in [6, 6.07) is 26.9.